The van der Waals surface area contributed by atoms with Crippen molar-refractivity contribution in [3.8, 4) is 11.5 Å². The van der Waals surface area contributed by atoms with Gasteiger partial charge in [-0.25, -0.2) is 8.78 Å². The van der Waals surface area contributed by atoms with E-state index in [0.29, 0.717) is 5.56 Å². The first-order chi connectivity index (χ1) is 11.0. The average molecular weight is 328 g/mol. The maximum absolute atomic E-state index is 13.4. The summed E-state index contributed by atoms with van der Waals surface area (Å²) in [5.74, 6) is -1.50. The molecule has 23 heavy (non-hydrogen) atoms. The van der Waals surface area contributed by atoms with E-state index in [1.807, 2.05) is 0 Å². The van der Waals surface area contributed by atoms with Crippen molar-refractivity contribution in [3.05, 3.63) is 53.6 Å². The van der Waals surface area contributed by atoms with E-state index in [4.69, 9.17) is 4.74 Å². The molecule has 0 radical (unpaired) electrons. The standard InChI is InChI=1S/C15H12F4N2O2/c1-22-14-6-9(2-5-13(14)23-15(18)19)8-20-21-12-4-3-10(16)7-11(12)17/h2-8,15,21H,1H3/b20-8-. The summed E-state index contributed by atoms with van der Waals surface area (Å²) in [6.45, 7) is -2.97. The fourth-order valence-corrected chi connectivity index (χ4v) is 1.71. The molecular weight excluding hydrogens is 316 g/mol. The van der Waals surface area contributed by atoms with Gasteiger partial charge in [0.2, 0.25) is 0 Å². The van der Waals surface area contributed by atoms with Crippen LogP contribution in [0, 0.1) is 11.6 Å². The Morgan fingerprint density at radius 3 is 2.52 bits per heavy atom. The van der Waals surface area contributed by atoms with Crippen LogP contribution in [0.3, 0.4) is 0 Å². The topological polar surface area (TPSA) is 42.8 Å². The second-order valence-electron chi connectivity index (χ2n) is 4.28. The molecule has 0 spiro atoms. The van der Waals surface area contributed by atoms with E-state index in [-0.39, 0.29) is 17.2 Å². The minimum atomic E-state index is -2.97. The number of benzene rings is 2. The highest BCUT2D eigenvalue weighted by Crippen LogP contribution is 2.29. The van der Waals surface area contributed by atoms with Crippen molar-refractivity contribution >= 4 is 11.9 Å². The van der Waals surface area contributed by atoms with Crippen LogP contribution in [-0.2, 0) is 0 Å². The number of anilines is 1. The summed E-state index contributed by atoms with van der Waals surface area (Å²) in [6.07, 6.45) is 1.32. The molecule has 0 saturated heterocycles. The molecule has 0 saturated carbocycles. The molecule has 2 aromatic carbocycles. The molecule has 122 valence electrons. The van der Waals surface area contributed by atoms with Crippen LogP contribution in [0.5, 0.6) is 11.5 Å². The quantitative estimate of drug-likeness (QED) is 0.495. The van der Waals surface area contributed by atoms with Gasteiger partial charge in [-0.1, -0.05) is 0 Å². The average Bonchev–Trinajstić information content (AvgIpc) is 2.50. The fraction of sp³-hybridized carbons (Fsp3) is 0.133. The van der Waals surface area contributed by atoms with Gasteiger partial charge in [0, 0.05) is 6.07 Å². The summed E-state index contributed by atoms with van der Waals surface area (Å²) in [5.41, 5.74) is 2.90. The van der Waals surface area contributed by atoms with Gasteiger partial charge in [0.15, 0.2) is 17.3 Å². The predicted molar refractivity (Wildman–Crippen MR) is 77.2 cm³/mol. The Kier molecular flexibility index (Phi) is 5.40. The van der Waals surface area contributed by atoms with E-state index < -0.39 is 18.2 Å². The van der Waals surface area contributed by atoms with Crippen LogP contribution in [0.1, 0.15) is 5.56 Å². The van der Waals surface area contributed by atoms with Crippen molar-refractivity contribution < 1.29 is 27.0 Å². The molecule has 0 fully saturated rings. The van der Waals surface area contributed by atoms with Crippen LogP contribution in [0.25, 0.3) is 0 Å². The van der Waals surface area contributed by atoms with Gasteiger partial charge >= 0.3 is 6.61 Å². The second kappa shape index (κ2) is 7.48. The number of hydrazone groups is 1. The smallest absolute Gasteiger partial charge is 0.387 e. The molecule has 0 heterocycles. The number of alkyl halides is 2. The van der Waals surface area contributed by atoms with Crippen molar-refractivity contribution in [3.63, 3.8) is 0 Å². The first-order valence-corrected chi connectivity index (χ1v) is 6.36. The van der Waals surface area contributed by atoms with Crippen LogP contribution in [0.2, 0.25) is 0 Å². The predicted octanol–water partition coefficient (Wildman–Crippen LogP) is 4.02. The summed E-state index contributed by atoms with van der Waals surface area (Å²) in [6, 6.07) is 7.18. The van der Waals surface area contributed by atoms with Gasteiger partial charge in [0.25, 0.3) is 0 Å². The number of nitrogens with one attached hydrogen (secondary N) is 1. The summed E-state index contributed by atoms with van der Waals surface area (Å²) < 4.78 is 59.8. The summed E-state index contributed by atoms with van der Waals surface area (Å²) >= 11 is 0. The highest BCUT2D eigenvalue weighted by Gasteiger charge is 2.10. The molecule has 0 bridgehead atoms. The zero-order chi connectivity index (χ0) is 16.8. The third kappa shape index (κ3) is 4.60. The van der Waals surface area contributed by atoms with Gasteiger partial charge in [0.1, 0.15) is 5.82 Å². The Morgan fingerprint density at radius 1 is 1.09 bits per heavy atom. The van der Waals surface area contributed by atoms with Crippen LogP contribution in [0.4, 0.5) is 23.2 Å². The van der Waals surface area contributed by atoms with Gasteiger partial charge in [0.05, 0.1) is 19.0 Å². The zero-order valence-corrected chi connectivity index (χ0v) is 11.9. The summed E-state index contributed by atoms with van der Waals surface area (Å²) in [7, 11) is 1.31. The molecule has 0 aliphatic heterocycles. The third-order valence-corrected chi connectivity index (χ3v) is 2.73. The lowest BCUT2D eigenvalue weighted by Gasteiger charge is -2.10. The van der Waals surface area contributed by atoms with Crippen molar-refractivity contribution in [2.24, 2.45) is 5.10 Å². The second-order valence-corrected chi connectivity index (χ2v) is 4.28. The Morgan fingerprint density at radius 2 is 1.87 bits per heavy atom. The van der Waals surface area contributed by atoms with Crippen molar-refractivity contribution in [1.82, 2.24) is 0 Å². The van der Waals surface area contributed by atoms with E-state index in [0.717, 1.165) is 12.1 Å². The third-order valence-electron chi connectivity index (χ3n) is 2.73. The Bertz CT molecular complexity index is 708. The van der Waals surface area contributed by atoms with Gasteiger partial charge in [-0.3, -0.25) is 5.43 Å². The largest absolute Gasteiger partial charge is 0.493 e. The SMILES string of the molecule is COc1cc(/C=N\Nc2ccc(F)cc2F)ccc1OC(F)F. The van der Waals surface area contributed by atoms with Crippen LogP contribution in [0.15, 0.2) is 41.5 Å². The van der Waals surface area contributed by atoms with Crippen LogP contribution >= 0.6 is 0 Å². The Hall–Kier alpha value is -2.77. The number of nitrogens with zero attached hydrogens (tertiary/aromatic N) is 1. The number of halogens is 4. The maximum atomic E-state index is 13.4. The lowest BCUT2D eigenvalue weighted by Crippen LogP contribution is -2.03. The molecule has 8 heteroatoms. The van der Waals surface area contributed by atoms with E-state index >= 15 is 0 Å². The van der Waals surface area contributed by atoms with Gasteiger partial charge < -0.3 is 9.47 Å². The minimum absolute atomic E-state index is 0.00716. The first-order valence-electron chi connectivity index (χ1n) is 6.36. The molecule has 0 aliphatic rings. The van der Waals surface area contributed by atoms with Crippen molar-refractivity contribution in [2.45, 2.75) is 6.61 Å². The summed E-state index contributed by atoms with van der Waals surface area (Å²) in [4.78, 5) is 0. The monoisotopic (exact) mass is 328 g/mol. The molecule has 0 aromatic heterocycles. The van der Waals surface area contributed by atoms with Gasteiger partial charge in [-0.2, -0.15) is 13.9 Å². The van der Waals surface area contributed by atoms with Gasteiger partial charge in [-0.05, 0) is 35.9 Å². The van der Waals surface area contributed by atoms with E-state index in [1.54, 1.807) is 0 Å². The number of hydrogen-bond donors (Lipinski definition) is 1. The molecular formula is C15H12F4N2O2. The lowest BCUT2D eigenvalue weighted by molar-refractivity contribution is -0.0512. The molecule has 0 atom stereocenters. The zero-order valence-electron chi connectivity index (χ0n) is 11.9. The van der Waals surface area contributed by atoms with E-state index in [1.165, 1.54) is 37.6 Å². The Balaban J connectivity index is 2.10. The molecule has 4 nitrogen and oxygen atoms in total. The Labute approximate surface area is 129 Å². The molecule has 2 rings (SSSR count). The number of methoxy groups -OCH3 is 1. The van der Waals surface area contributed by atoms with Gasteiger partial charge in [-0.15, -0.1) is 0 Å². The first kappa shape index (κ1) is 16.6. The highest BCUT2D eigenvalue weighted by atomic mass is 19.3. The van der Waals surface area contributed by atoms with E-state index in [9.17, 15) is 17.6 Å². The van der Waals surface area contributed by atoms with E-state index in [2.05, 4.69) is 15.3 Å². The van der Waals surface area contributed by atoms with Crippen LogP contribution < -0.4 is 14.9 Å². The molecule has 1 N–H and O–H groups in total. The number of rotatable bonds is 6. The number of hydrogen-bond acceptors (Lipinski definition) is 4. The normalized spacial score (nSPS) is 11.0. The summed E-state index contributed by atoms with van der Waals surface area (Å²) in [5, 5.41) is 3.79. The molecule has 0 amide bonds. The molecule has 0 aliphatic carbocycles. The fourth-order valence-electron chi connectivity index (χ4n) is 1.71. The highest BCUT2D eigenvalue weighted by molar-refractivity contribution is 5.81. The van der Waals surface area contributed by atoms with Crippen LogP contribution in [-0.4, -0.2) is 19.9 Å². The maximum Gasteiger partial charge on any atom is 0.387 e. The lowest BCUT2D eigenvalue weighted by atomic mass is 10.2. The molecule has 2 aromatic rings. The number of ether oxygens (including phenoxy) is 2. The van der Waals surface area contributed by atoms with Crippen molar-refractivity contribution in [2.75, 3.05) is 12.5 Å². The van der Waals surface area contributed by atoms with Crippen molar-refractivity contribution in [1.29, 1.82) is 0 Å². The molecule has 0 unspecified atom stereocenters. The minimum Gasteiger partial charge on any atom is -0.493 e.